The van der Waals surface area contributed by atoms with Crippen molar-refractivity contribution in [2.24, 2.45) is 0 Å². The minimum atomic E-state index is -4.36. The molecule has 0 amide bonds. The van der Waals surface area contributed by atoms with Crippen LogP contribution in [0.25, 0.3) is 0 Å². The van der Waals surface area contributed by atoms with Gasteiger partial charge in [0.05, 0.1) is 0 Å². The number of hydrogen-bond donors (Lipinski definition) is 0. The summed E-state index contributed by atoms with van der Waals surface area (Å²) in [7, 11) is 0.795. The number of benzene rings is 2. The molecule has 3 nitrogen and oxygen atoms in total. The summed E-state index contributed by atoms with van der Waals surface area (Å²) in [4.78, 5) is -0.770. The Morgan fingerprint density at radius 2 is 1.81 bits per heavy atom. The fourth-order valence-corrected chi connectivity index (χ4v) is 2.79. The zero-order chi connectivity index (χ0) is 15.6. The third kappa shape index (κ3) is 3.84. The summed E-state index contributed by atoms with van der Waals surface area (Å²) in [5.41, 5.74) is 0.515. The summed E-state index contributed by atoms with van der Waals surface area (Å²) in [6.45, 7) is -0.193. The first-order chi connectivity index (χ1) is 9.79. The van der Waals surface area contributed by atoms with Gasteiger partial charge in [-0.3, -0.25) is 0 Å². The molecule has 0 fully saturated rings. The van der Waals surface area contributed by atoms with E-state index in [1.54, 1.807) is 24.3 Å². The van der Waals surface area contributed by atoms with Crippen LogP contribution in [0.2, 0.25) is 5.02 Å². The molecule has 0 aliphatic heterocycles. The molecule has 0 atom stereocenters. The molecule has 21 heavy (non-hydrogen) atoms. The van der Waals surface area contributed by atoms with Gasteiger partial charge in [-0.1, -0.05) is 29.8 Å². The first-order valence-electron chi connectivity index (χ1n) is 5.59. The molecule has 2 aromatic carbocycles. The average Bonchev–Trinajstić information content (AvgIpc) is 2.37. The Morgan fingerprint density at radius 3 is 2.43 bits per heavy atom. The highest BCUT2D eigenvalue weighted by molar-refractivity contribution is 8.13. The normalized spacial score (nSPS) is 11.4. The zero-order valence-electron chi connectivity index (χ0n) is 10.3. The lowest BCUT2D eigenvalue weighted by atomic mass is 10.2. The quantitative estimate of drug-likeness (QED) is 0.777. The predicted molar refractivity (Wildman–Crippen MR) is 75.2 cm³/mol. The fraction of sp³-hybridized carbons (Fsp3) is 0.0769. The highest BCUT2D eigenvalue weighted by Crippen LogP contribution is 2.32. The Kier molecular flexibility index (Phi) is 4.70. The van der Waals surface area contributed by atoms with Crippen LogP contribution >= 0.6 is 22.3 Å². The van der Waals surface area contributed by atoms with Gasteiger partial charge in [-0.05, 0) is 12.1 Å². The van der Waals surface area contributed by atoms with Crippen molar-refractivity contribution in [2.45, 2.75) is 11.5 Å². The lowest BCUT2D eigenvalue weighted by Gasteiger charge is -2.11. The Labute approximate surface area is 129 Å². The Hall–Kier alpha value is -1.37. The van der Waals surface area contributed by atoms with Crippen molar-refractivity contribution in [2.75, 3.05) is 0 Å². The van der Waals surface area contributed by atoms with Gasteiger partial charge in [0, 0.05) is 27.3 Å². The summed E-state index contributed by atoms with van der Waals surface area (Å²) in [5.74, 6) is -2.88. The molecule has 112 valence electrons. The Morgan fingerprint density at radius 1 is 1.14 bits per heavy atom. The van der Waals surface area contributed by atoms with Crippen molar-refractivity contribution in [1.29, 1.82) is 0 Å². The monoisotopic (exact) mass is 352 g/mol. The van der Waals surface area contributed by atoms with E-state index in [-0.39, 0.29) is 6.61 Å². The van der Waals surface area contributed by atoms with Crippen molar-refractivity contribution in [1.82, 2.24) is 0 Å². The van der Waals surface area contributed by atoms with Gasteiger partial charge >= 0.3 is 0 Å². The smallest absolute Gasteiger partial charge is 0.265 e. The van der Waals surface area contributed by atoms with Crippen LogP contribution in [-0.2, 0) is 15.7 Å². The van der Waals surface area contributed by atoms with Crippen LogP contribution < -0.4 is 4.74 Å². The van der Waals surface area contributed by atoms with E-state index < -0.39 is 31.3 Å². The average molecular weight is 353 g/mol. The van der Waals surface area contributed by atoms with E-state index in [1.807, 2.05) is 0 Å². The third-order valence-electron chi connectivity index (χ3n) is 2.57. The molecule has 2 aromatic rings. The minimum absolute atomic E-state index is 0.193. The van der Waals surface area contributed by atoms with Crippen LogP contribution in [0.3, 0.4) is 0 Å². The standard InChI is InChI=1S/C13H8Cl2F2O3S/c14-10-4-2-1-3-8(10)7-20-13-11(17)5-9(16)6-12(13)21(15,18)19/h1-6H,7H2. The van der Waals surface area contributed by atoms with Crippen LogP contribution in [0.5, 0.6) is 5.75 Å². The van der Waals surface area contributed by atoms with Crippen LogP contribution in [0, 0.1) is 11.6 Å². The molecule has 0 aliphatic carbocycles. The molecular weight excluding hydrogens is 345 g/mol. The Balaban J connectivity index is 2.39. The zero-order valence-corrected chi connectivity index (χ0v) is 12.6. The highest BCUT2D eigenvalue weighted by Gasteiger charge is 2.22. The van der Waals surface area contributed by atoms with E-state index in [0.29, 0.717) is 22.7 Å². The molecule has 0 N–H and O–H groups in total. The van der Waals surface area contributed by atoms with Crippen molar-refractivity contribution in [3.63, 3.8) is 0 Å². The molecule has 0 radical (unpaired) electrons. The second-order valence-corrected chi connectivity index (χ2v) is 6.97. The first kappa shape index (κ1) is 16.0. The van der Waals surface area contributed by atoms with E-state index in [9.17, 15) is 17.2 Å². The maximum absolute atomic E-state index is 13.7. The van der Waals surface area contributed by atoms with Crippen LogP contribution in [-0.4, -0.2) is 8.42 Å². The topological polar surface area (TPSA) is 43.4 Å². The van der Waals surface area contributed by atoms with Gasteiger partial charge in [0.15, 0.2) is 11.6 Å². The highest BCUT2D eigenvalue weighted by atomic mass is 35.7. The number of ether oxygens (including phenoxy) is 1. The summed E-state index contributed by atoms with van der Waals surface area (Å²) < 4.78 is 54.7. The van der Waals surface area contributed by atoms with Crippen LogP contribution in [0.4, 0.5) is 8.78 Å². The van der Waals surface area contributed by atoms with Gasteiger partial charge in [-0.25, -0.2) is 17.2 Å². The summed E-state index contributed by atoms with van der Waals surface area (Å²) in [5, 5.41) is 0.371. The van der Waals surface area contributed by atoms with Gasteiger partial charge in [-0.2, -0.15) is 0 Å². The number of halogens is 4. The minimum Gasteiger partial charge on any atom is -0.484 e. The second-order valence-electron chi connectivity index (χ2n) is 4.03. The maximum atomic E-state index is 13.7. The molecule has 0 spiro atoms. The molecular formula is C13H8Cl2F2O3S. The lowest BCUT2D eigenvalue weighted by molar-refractivity contribution is 0.280. The molecule has 0 saturated carbocycles. The molecule has 0 unspecified atom stereocenters. The summed E-state index contributed by atoms with van der Waals surface area (Å²) in [6.07, 6.45) is 0. The summed E-state index contributed by atoms with van der Waals surface area (Å²) in [6, 6.07) is 7.70. The van der Waals surface area contributed by atoms with Gasteiger partial charge in [0.2, 0.25) is 0 Å². The van der Waals surface area contributed by atoms with Crippen LogP contribution in [0.15, 0.2) is 41.3 Å². The van der Waals surface area contributed by atoms with Gasteiger partial charge in [-0.15, -0.1) is 0 Å². The fourth-order valence-electron chi connectivity index (χ4n) is 1.62. The molecule has 0 saturated heterocycles. The SMILES string of the molecule is O=S(=O)(Cl)c1cc(F)cc(F)c1OCc1ccccc1Cl. The van der Waals surface area contributed by atoms with Crippen molar-refractivity contribution in [3.05, 3.63) is 58.6 Å². The molecule has 0 bridgehead atoms. The lowest BCUT2D eigenvalue weighted by Crippen LogP contribution is -2.04. The van der Waals surface area contributed by atoms with Gasteiger partial charge in [0.25, 0.3) is 9.05 Å². The number of rotatable bonds is 4. The second kappa shape index (κ2) is 6.17. The summed E-state index contributed by atoms with van der Waals surface area (Å²) >= 11 is 5.91. The van der Waals surface area contributed by atoms with E-state index in [4.69, 9.17) is 27.0 Å². The molecule has 0 aliphatic rings. The Bertz CT molecular complexity index is 779. The molecule has 0 heterocycles. The largest absolute Gasteiger partial charge is 0.484 e. The first-order valence-corrected chi connectivity index (χ1v) is 8.27. The maximum Gasteiger partial charge on any atom is 0.265 e. The van der Waals surface area contributed by atoms with E-state index in [2.05, 4.69) is 0 Å². The van der Waals surface area contributed by atoms with E-state index in [0.717, 1.165) is 0 Å². The van der Waals surface area contributed by atoms with E-state index in [1.165, 1.54) is 0 Å². The van der Waals surface area contributed by atoms with Crippen LogP contribution in [0.1, 0.15) is 5.56 Å². The van der Waals surface area contributed by atoms with Gasteiger partial charge in [0.1, 0.15) is 17.3 Å². The predicted octanol–water partition coefficient (Wildman–Crippen LogP) is 4.12. The van der Waals surface area contributed by atoms with Gasteiger partial charge < -0.3 is 4.74 Å². The van der Waals surface area contributed by atoms with Crippen molar-refractivity contribution < 1.29 is 21.9 Å². The third-order valence-corrected chi connectivity index (χ3v) is 4.26. The van der Waals surface area contributed by atoms with Crippen molar-refractivity contribution >= 4 is 31.3 Å². The van der Waals surface area contributed by atoms with E-state index >= 15 is 0 Å². The molecule has 0 aromatic heterocycles. The van der Waals surface area contributed by atoms with Crippen molar-refractivity contribution in [3.8, 4) is 5.75 Å². The molecule has 8 heteroatoms. The molecule has 2 rings (SSSR count). The number of hydrogen-bond acceptors (Lipinski definition) is 3.